The van der Waals surface area contributed by atoms with Gasteiger partial charge in [0.25, 0.3) is 11.8 Å². The van der Waals surface area contributed by atoms with Crippen LogP contribution in [0.25, 0.3) is 5.69 Å². The Labute approximate surface area is 273 Å². The highest BCUT2D eigenvalue weighted by molar-refractivity contribution is 6.12. The van der Waals surface area contributed by atoms with Crippen LogP contribution in [0.15, 0.2) is 124 Å². The number of aromatic nitrogens is 3. The van der Waals surface area contributed by atoms with E-state index in [1.807, 2.05) is 19.1 Å². The molecule has 1 aliphatic carbocycles. The molecule has 2 N–H and O–H groups in total. The van der Waals surface area contributed by atoms with Crippen LogP contribution in [0.2, 0.25) is 0 Å². The van der Waals surface area contributed by atoms with E-state index < -0.39 is 58.1 Å². The molecule has 3 heterocycles. The van der Waals surface area contributed by atoms with Crippen molar-refractivity contribution in [2.24, 2.45) is 5.92 Å². The Balaban J connectivity index is 1.39. The van der Waals surface area contributed by atoms with E-state index in [9.17, 15) is 19.5 Å². The van der Waals surface area contributed by atoms with Gasteiger partial charge in [-0.2, -0.15) is 5.01 Å². The van der Waals surface area contributed by atoms with E-state index in [4.69, 9.17) is 0 Å². The number of halogens is 1. The number of allylic oxidation sites excluding steroid dienone is 2. The van der Waals surface area contributed by atoms with Gasteiger partial charge in [0, 0.05) is 11.5 Å². The number of nitrogens with one attached hydrogen (secondary N) is 1. The van der Waals surface area contributed by atoms with E-state index in [0.29, 0.717) is 22.5 Å². The summed E-state index contributed by atoms with van der Waals surface area (Å²) in [5.41, 5.74) is 3.24. The quantitative estimate of drug-likeness (QED) is 0.214. The third kappa shape index (κ3) is 4.03. The fraction of sp³-hybridized carbons (Fsp3) is 0.189. The van der Waals surface area contributed by atoms with Crippen molar-refractivity contribution >= 4 is 17.5 Å². The van der Waals surface area contributed by atoms with E-state index in [2.05, 4.69) is 5.43 Å². The smallest absolute Gasteiger partial charge is 0.352 e. The van der Waals surface area contributed by atoms with Gasteiger partial charge >= 0.3 is 11.4 Å². The summed E-state index contributed by atoms with van der Waals surface area (Å²) in [5, 5.41) is 12.3. The topological polar surface area (TPSA) is 119 Å². The molecule has 2 aliphatic heterocycles. The maximum atomic E-state index is 15.2. The van der Waals surface area contributed by atoms with Crippen LogP contribution < -0.4 is 16.8 Å². The highest BCUT2D eigenvalue weighted by atomic mass is 19.1. The van der Waals surface area contributed by atoms with Crippen LogP contribution in [0.3, 0.4) is 0 Å². The molecule has 48 heavy (non-hydrogen) atoms. The van der Waals surface area contributed by atoms with Crippen molar-refractivity contribution in [1.29, 1.82) is 0 Å². The minimum Gasteiger partial charge on any atom is -0.505 e. The number of hydrazine groups is 1. The lowest BCUT2D eigenvalue weighted by Gasteiger charge is -2.49. The maximum absolute atomic E-state index is 15.2. The van der Waals surface area contributed by atoms with Crippen molar-refractivity contribution in [3.8, 4) is 11.4 Å². The zero-order valence-electron chi connectivity index (χ0n) is 25.8. The van der Waals surface area contributed by atoms with Gasteiger partial charge in [0.1, 0.15) is 0 Å². The molecule has 0 spiro atoms. The van der Waals surface area contributed by atoms with Gasteiger partial charge in [-0.15, -0.1) is 0 Å². The second-order valence-electron chi connectivity index (χ2n) is 12.5. The van der Waals surface area contributed by atoms with Crippen molar-refractivity contribution in [2.45, 2.75) is 37.3 Å². The van der Waals surface area contributed by atoms with Crippen LogP contribution in [-0.2, 0) is 21.5 Å². The molecule has 3 aliphatic rings. The molecule has 240 valence electrons. The lowest BCUT2D eigenvalue weighted by molar-refractivity contribution is -0.138. The van der Waals surface area contributed by atoms with Gasteiger partial charge in [-0.1, -0.05) is 84.4 Å². The van der Waals surface area contributed by atoms with Gasteiger partial charge in [0.05, 0.1) is 35.3 Å². The van der Waals surface area contributed by atoms with Gasteiger partial charge in [0.2, 0.25) is 0 Å². The zero-order chi connectivity index (χ0) is 33.3. The number of nitrogens with zero attached hydrogens (tertiary/aromatic N) is 4. The number of aromatic hydroxyl groups is 1. The van der Waals surface area contributed by atoms with E-state index in [0.717, 1.165) is 21.2 Å². The first kappa shape index (κ1) is 29.4. The number of phenolic OH excluding ortho intramolecular Hbond substituents is 1. The first-order chi connectivity index (χ1) is 23.2. The summed E-state index contributed by atoms with van der Waals surface area (Å²) >= 11 is 0. The predicted octanol–water partition coefficient (Wildman–Crippen LogP) is 4.57. The van der Waals surface area contributed by atoms with Gasteiger partial charge in [0.15, 0.2) is 11.6 Å². The average molecular weight is 644 g/mol. The van der Waals surface area contributed by atoms with Crippen LogP contribution in [0, 0.1) is 18.7 Å². The molecule has 1 aromatic heterocycles. The fourth-order valence-corrected chi connectivity index (χ4v) is 7.92. The molecule has 11 heteroatoms. The number of para-hydroxylation sites is 2. The number of benzene rings is 4. The van der Waals surface area contributed by atoms with Crippen LogP contribution in [0.4, 0.5) is 10.1 Å². The van der Waals surface area contributed by atoms with Crippen molar-refractivity contribution in [2.75, 3.05) is 5.43 Å². The summed E-state index contributed by atoms with van der Waals surface area (Å²) in [7, 11) is 0. The SMILES string of the molecule is Cc1ccc(NN2C(=O)[C@@H]3C[C@@H]4C(=CCn5c(=O)n(-c6ccccc6)c(=O)n54)[C@H](c4cccc(F)c4O)[C@]3(c3ccccc3)C2=O)cc1. The number of carbonyl (C=O) groups excluding carboxylic acids is 2. The Morgan fingerprint density at radius 3 is 2.23 bits per heavy atom. The largest absolute Gasteiger partial charge is 0.505 e. The highest BCUT2D eigenvalue weighted by Crippen LogP contribution is 2.62. The normalized spacial score (nSPS) is 22.9. The molecule has 0 unspecified atom stereocenters. The summed E-state index contributed by atoms with van der Waals surface area (Å²) in [6.45, 7) is 1.91. The standard InChI is InChI=1S/C37H30FN5O5/c1-22-15-17-24(18-16-22)39-42-33(45)28-21-30-26(19-20-40-35(47)41(36(48)43(30)40)25-11-6-3-7-12-25)31(27-13-8-14-29(38)32(27)44)37(28,34(42)46)23-9-4-2-5-10-23/h2-19,28,30-31,39,44H,20-21H2,1H3/t28-,30+,31+,37+/m0/s1. The maximum Gasteiger partial charge on any atom is 0.352 e. The van der Waals surface area contributed by atoms with Crippen LogP contribution in [0.5, 0.6) is 5.75 Å². The molecule has 4 aromatic carbocycles. The average Bonchev–Trinajstić information content (AvgIpc) is 3.48. The van der Waals surface area contributed by atoms with Crippen LogP contribution >= 0.6 is 0 Å². The molecule has 2 fully saturated rings. The Hall–Kier alpha value is -5.97. The molecule has 0 bridgehead atoms. The number of amides is 2. The third-order valence-electron chi connectivity index (χ3n) is 10.00. The molecular weight excluding hydrogens is 613 g/mol. The first-order valence-electron chi connectivity index (χ1n) is 15.7. The van der Waals surface area contributed by atoms with Crippen molar-refractivity contribution in [3.05, 3.63) is 158 Å². The number of fused-ring (bicyclic) bond motifs is 4. The monoisotopic (exact) mass is 643 g/mol. The van der Waals surface area contributed by atoms with Gasteiger partial charge in [-0.3, -0.25) is 15.0 Å². The second-order valence-corrected chi connectivity index (χ2v) is 12.5. The third-order valence-corrected chi connectivity index (χ3v) is 10.00. The number of carbonyl (C=O) groups is 2. The van der Waals surface area contributed by atoms with Gasteiger partial charge < -0.3 is 5.11 Å². The minimum atomic E-state index is -1.64. The molecule has 1 saturated carbocycles. The van der Waals surface area contributed by atoms with E-state index in [1.54, 1.807) is 84.9 Å². The Bertz CT molecular complexity index is 2260. The fourth-order valence-electron chi connectivity index (χ4n) is 7.92. The molecule has 0 radical (unpaired) electrons. The number of hydrogen-bond acceptors (Lipinski definition) is 6. The molecule has 5 aromatic rings. The minimum absolute atomic E-state index is 0.0118. The Morgan fingerprint density at radius 2 is 1.52 bits per heavy atom. The number of anilines is 1. The van der Waals surface area contributed by atoms with E-state index in [-0.39, 0.29) is 18.5 Å². The zero-order valence-corrected chi connectivity index (χ0v) is 25.8. The second kappa shape index (κ2) is 10.8. The summed E-state index contributed by atoms with van der Waals surface area (Å²) in [4.78, 5) is 57.6. The summed E-state index contributed by atoms with van der Waals surface area (Å²) in [6.07, 6.45) is 1.76. The molecule has 8 rings (SSSR count). The number of rotatable bonds is 5. The van der Waals surface area contributed by atoms with Gasteiger partial charge in [-0.25, -0.2) is 27.9 Å². The van der Waals surface area contributed by atoms with Gasteiger partial charge in [-0.05, 0) is 54.8 Å². The highest BCUT2D eigenvalue weighted by Gasteiger charge is 2.69. The van der Waals surface area contributed by atoms with Crippen LogP contribution in [0.1, 0.15) is 35.1 Å². The summed E-state index contributed by atoms with van der Waals surface area (Å²) in [5.74, 6) is -4.82. The Kier molecular flexibility index (Phi) is 6.62. The van der Waals surface area contributed by atoms with Crippen molar-refractivity contribution in [3.63, 3.8) is 0 Å². The molecular formula is C37H30FN5O5. The van der Waals surface area contributed by atoms with E-state index in [1.165, 1.54) is 15.4 Å². The summed E-state index contributed by atoms with van der Waals surface area (Å²) < 4.78 is 18.9. The molecule has 1 saturated heterocycles. The van der Waals surface area contributed by atoms with Crippen molar-refractivity contribution in [1.82, 2.24) is 18.9 Å². The molecule has 2 amide bonds. The Morgan fingerprint density at radius 1 is 0.833 bits per heavy atom. The number of phenols is 1. The van der Waals surface area contributed by atoms with Crippen molar-refractivity contribution < 1.29 is 19.1 Å². The lowest BCUT2D eigenvalue weighted by atomic mass is 9.53. The number of aryl methyl sites for hydroxylation is 1. The molecule has 4 atom stereocenters. The number of hydrogen-bond donors (Lipinski definition) is 2. The lowest BCUT2D eigenvalue weighted by Crippen LogP contribution is -2.53. The van der Waals surface area contributed by atoms with Crippen LogP contribution in [-0.4, -0.2) is 35.9 Å². The first-order valence-corrected chi connectivity index (χ1v) is 15.7. The molecule has 10 nitrogen and oxygen atoms in total. The number of imide groups is 1. The summed E-state index contributed by atoms with van der Waals surface area (Å²) in [6, 6.07) is 27.9. The van der Waals surface area contributed by atoms with E-state index >= 15 is 9.18 Å². The predicted molar refractivity (Wildman–Crippen MR) is 175 cm³/mol.